The molecule has 0 aliphatic carbocycles. The average molecular weight is 596 g/mol. The van der Waals surface area contributed by atoms with Gasteiger partial charge in [0.05, 0.1) is 24.5 Å². The molecule has 6 rings (SSSR count). The molecule has 5 aromatic rings. The van der Waals surface area contributed by atoms with E-state index in [1.165, 1.54) is 6.20 Å². The van der Waals surface area contributed by atoms with Crippen molar-refractivity contribution in [2.24, 2.45) is 0 Å². The van der Waals surface area contributed by atoms with Crippen molar-refractivity contribution in [2.75, 3.05) is 31.6 Å². The molecular weight excluding hydrogens is 558 g/mol. The first-order valence-electron chi connectivity index (χ1n) is 14.9. The summed E-state index contributed by atoms with van der Waals surface area (Å²) in [4.78, 5) is 39.3. The fourth-order valence-electron chi connectivity index (χ4n) is 5.67. The van der Waals surface area contributed by atoms with Gasteiger partial charge in [-0.25, -0.2) is 19.6 Å². The molecule has 11 nitrogen and oxygen atoms in total. The fraction of sp³-hybridized carbons (Fsp3) is 0.364. The van der Waals surface area contributed by atoms with Crippen LogP contribution in [0.2, 0.25) is 0 Å². The van der Waals surface area contributed by atoms with Gasteiger partial charge in [0.1, 0.15) is 22.6 Å². The molecule has 5 heterocycles. The molecular formula is C33H37N7O4. The standard InChI is InChI=1S/C33H37N7O4/c1-6-43-31(41)25-18-35-40-28(37(5)19-22-11-8-7-9-12-22)17-27(36-30(25)40)26-21-39(29-24(26)13-10-15-34-29)23-14-16-38(20-23)32(42)44-33(2,3)4/h7-13,15,17-18,21,23H,6,14,16,19-20H2,1-5H3/t23-/m1/s1. The second-order valence-electron chi connectivity index (χ2n) is 12.0. The van der Waals surface area contributed by atoms with Crippen molar-refractivity contribution in [3.8, 4) is 11.3 Å². The number of amides is 1. The summed E-state index contributed by atoms with van der Waals surface area (Å²) in [6.07, 6.45) is 5.80. The first kappa shape index (κ1) is 29.2. The third-order valence-corrected chi connectivity index (χ3v) is 7.68. The highest BCUT2D eigenvalue weighted by atomic mass is 16.6. The van der Waals surface area contributed by atoms with Crippen LogP contribution < -0.4 is 4.90 Å². The Morgan fingerprint density at radius 1 is 1.09 bits per heavy atom. The normalized spacial score (nSPS) is 15.2. The Kier molecular flexibility index (Phi) is 7.71. The molecule has 11 heteroatoms. The SMILES string of the molecule is CCOC(=O)c1cnn2c(N(C)Cc3ccccc3)cc(-c3cn([C@@H]4CCN(C(=O)OC(C)(C)C)C4)c4ncccc34)nc12. The number of hydrogen-bond donors (Lipinski definition) is 0. The van der Waals surface area contributed by atoms with Crippen LogP contribution >= 0.6 is 0 Å². The van der Waals surface area contributed by atoms with Crippen molar-refractivity contribution in [2.45, 2.75) is 52.3 Å². The molecule has 0 N–H and O–H groups in total. The second-order valence-corrected chi connectivity index (χ2v) is 12.0. The van der Waals surface area contributed by atoms with Gasteiger partial charge in [-0.15, -0.1) is 0 Å². The van der Waals surface area contributed by atoms with Crippen molar-refractivity contribution in [1.82, 2.24) is 29.0 Å². The van der Waals surface area contributed by atoms with Crippen LogP contribution in [0.4, 0.5) is 10.6 Å². The predicted octanol–water partition coefficient (Wildman–Crippen LogP) is 5.74. The zero-order valence-corrected chi connectivity index (χ0v) is 25.7. The molecule has 0 radical (unpaired) electrons. The third-order valence-electron chi connectivity index (χ3n) is 7.68. The molecule has 44 heavy (non-hydrogen) atoms. The van der Waals surface area contributed by atoms with E-state index in [4.69, 9.17) is 19.4 Å². The highest BCUT2D eigenvalue weighted by molar-refractivity contribution is 5.98. The Morgan fingerprint density at radius 3 is 2.64 bits per heavy atom. The quantitative estimate of drug-likeness (QED) is 0.219. The minimum atomic E-state index is -0.560. The van der Waals surface area contributed by atoms with E-state index in [2.05, 4.69) is 32.9 Å². The maximum Gasteiger partial charge on any atom is 0.410 e. The lowest BCUT2D eigenvalue weighted by molar-refractivity contribution is 0.0289. The number of likely N-dealkylation sites (tertiary alicyclic amines) is 1. The topological polar surface area (TPSA) is 107 Å². The highest BCUT2D eigenvalue weighted by Crippen LogP contribution is 2.36. The number of fused-ring (bicyclic) bond motifs is 2. The van der Waals surface area contributed by atoms with E-state index < -0.39 is 11.6 Å². The van der Waals surface area contributed by atoms with Gasteiger partial charge in [-0.2, -0.15) is 9.61 Å². The molecule has 0 saturated carbocycles. The van der Waals surface area contributed by atoms with Crippen molar-refractivity contribution in [1.29, 1.82) is 0 Å². The molecule has 228 valence electrons. The molecule has 4 aromatic heterocycles. The van der Waals surface area contributed by atoms with Gasteiger partial charge < -0.3 is 23.8 Å². The smallest absolute Gasteiger partial charge is 0.410 e. The molecule has 1 amide bonds. The first-order valence-corrected chi connectivity index (χ1v) is 14.9. The zero-order valence-electron chi connectivity index (χ0n) is 25.7. The number of carbonyl (C=O) groups excluding carboxylic acids is 2. The van der Waals surface area contributed by atoms with E-state index in [0.717, 1.165) is 34.4 Å². The van der Waals surface area contributed by atoms with Gasteiger partial charge >= 0.3 is 12.1 Å². The Morgan fingerprint density at radius 2 is 1.89 bits per heavy atom. The number of hydrogen-bond acceptors (Lipinski definition) is 8. The number of nitrogens with zero attached hydrogens (tertiary/aromatic N) is 7. The van der Waals surface area contributed by atoms with Crippen LogP contribution in [0.15, 0.2) is 67.1 Å². The zero-order chi connectivity index (χ0) is 31.0. The monoisotopic (exact) mass is 595 g/mol. The predicted molar refractivity (Wildman–Crippen MR) is 168 cm³/mol. The number of rotatable bonds is 7. The van der Waals surface area contributed by atoms with Crippen molar-refractivity contribution in [3.05, 3.63) is 78.2 Å². The Labute approximate surface area is 256 Å². The molecule has 1 fully saturated rings. The number of pyridine rings is 1. The lowest BCUT2D eigenvalue weighted by atomic mass is 10.1. The van der Waals surface area contributed by atoms with Gasteiger partial charge in [-0.1, -0.05) is 30.3 Å². The largest absolute Gasteiger partial charge is 0.462 e. The third kappa shape index (κ3) is 5.69. The van der Waals surface area contributed by atoms with E-state index in [-0.39, 0.29) is 18.7 Å². The van der Waals surface area contributed by atoms with Crippen LogP contribution in [0.5, 0.6) is 0 Å². The lowest BCUT2D eigenvalue weighted by Crippen LogP contribution is -2.35. The van der Waals surface area contributed by atoms with Gasteiger partial charge in [0.15, 0.2) is 5.65 Å². The Bertz CT molecular complexity index is 1820. The molecule has 1 aliphatic heterocycles. The van der Waals surface area contributed by atoms with Crippen LogP contribution in [0, 0.1) is 0 Å². The molecule has 1 aliphatic rings. The maximum atomic E-state index is 12.9. The summed E-state index contributed by atoms with van der Waals surface area (Å²) in [6, 6.07) is 16.1. The van der Waals surface area contributed by atoms with Gasteiger partial charge in [-0.05, 0) is 51.8 Å². The van der Waals surface area contributed by atoms with Crippen LogP contribution in [-0.2, 0) is 16.0 Å². The number of benzene rings is 1. The Hall–Kier alpha value is -4.93. The van der Waals surface area contributed by atoms with Crippen LogP contribution in [0.3, 0.4) is 0 Å². The van der Waals surface area contributed by atoms with Crippen LogP contribution in [0.1, 0.15) is 56.1 Å². The van der Waals surface area contributed by atoms with Crippen molar-refractivity contribution < 1.29 is 19.1 Å². The van der Waals surface area contributed by atoms with Crippen LogP contribution in [-0.4, -0.2) is 73.5 Å². The van der Waals surface area contributed by atoms with E-state index in [1.54, 1.807) is 22.5 Å². The van der Waals surface area contributed by atoms with E-state index in [9.17, 15) is 9.59 Å². The van der Waals surface area contributed by atoms with Crippen molar-refractivity contribution in [3.63, 3.8) is 0 Å². The van der Waals surface area contributed by atoms with E-state index >= 15 is 0 Å². The van der Waals surface area contributed by atoms with Crippen LogP contribution in [0.25, 0.3) is 27.9 Å². The molecule has 1 atom stereocenters. The highest BCUT2D eigenvalue weighted by Gasteiger charge is 2.32. The summed E-state index contributed by atoms with van der Waals surface area (Å²) in [5.74, 6) is 0.298. The minimum absolute atomic E-state index is 0.0164. The second kappa shape index (κ2) is 11.6. The van der Waals surface area contributed by atoms with Crippen molar-refractivity contribution >= 4 is 34.6 Å². The first-order chi connectivity index (χ1) is 21.1. The number of aromatic nitrogens is 5. The average Bonchev–Trinajstić information content (AvgIpc) is 3.73. The van der Waals surface area contributed by atoms with Gasteiger partial charge in [-0.3, -0.25) is 0 Å². The van der Waals surface area contributed by atoms with E-state index in [0.29, 0.717) is 36.5 Å². The van der Waals surface area contributed by atoms with Gasteiger partial charge in [0.25, 0.3) is 0 Å². The molecule has 0 bridgehead atoms. The number of esters is 1. The number of carbonyl (C=O) groups is 2. The summed E-state index contributed by atoms with van der Waals surface area (Å²) in [5.41, 5.74) is 3.64. The summed E-state index contributed by atoms with van der Waals surface area (Å²) < 4.78 is 14.8. The molecule has 1 saturated heterocycles. The maximum absolute atomic E-state index is 12.9. The molecule has 0 spiro atoms. The lowest BCUT2D eigenvalue weighted by Gasteiger charge is -2.24. The summed E-state index contributed by atoms with van der Waals surface area (Å²) in [7, 11) is 1.99. The summed E-state index contributed by atoms with van der Waals surface area (Å²) in [6.45, 7) is 9.38. The minimum Gasteiger partial charge on any atom is -0.462 e. The molecule has 0 unspecified atom stereocenters. The summed E-state index contributed by atoms with van der Waals surface area (Å²) in [5, 5.41) is 5.47. The molecule has 1 aromatic carbocycles. The summed E-state index contributed by atoms with van der Waals surface area (Å²) >= 11 is 0. The van der Waals surface area contributed by atoms with E-state index in [1.807, 2.05) is 64.2 Å². The Balaban J connectivity index is 1.44. The number of ether oxygens (including phenoxy) is 2. The fourth-order valence-corrected chi connectivity index (χ4v) is 5.67. The van der Waals surface area contributed by atoms with Gasteiger partial charge in [0, 0.05) is 56.1 Å². The van der Waals surface area contributed by atoms with Gasteiger partial charge in [0.2, 0.25) is 0 Å². The number of anilines is 1.